The van der Waals surface area contributed by atoms with E-state index in [-0.39, 0.29) is 51.8 Å². The minimum Gasteiger partial charge on any atom is -0.744 e. The SMILES string of the molecule is O=[N+]([O-])c1cccc2c(S(=O)(=O)[O-])c(O)c(N=Nc3c(O)ccc4ccccc34)cc12.[Na+]. The molecular weight excluding hydrogens is 449 g/mol. The molecule has 0 saturated heterocycles. The van der Waals surface area contributed by atoms with Crippen LogP contribution < -0.4 is 29.6 Å². The number of rotatable bonds is 4. The molecule has 0 aliphatic carbocycles. The molecule has 0 aliphatic heterocycles. The van der Waals surface area contributed by atoms with Gasteiger partial charge in [-0.25, -0.2) is 8.42 Å². The van der Waals surface area contributed by atoms with Gasteiger partial charge in [0.2, 0.25) is 0 Å². The Morgan fingerprint density at radius 2 is 1.56 bits per heavy atom. The second-order valence-electron chi connectivity index (χ2n) is 6.51. The molecule has 32 heavy (non-hydrogen) atoms. The number of hydrogen-bond donors (Lipinski definition) is 2. The maximum atomic E-state index is 11.8. The average Bonchev–Trinajstić information content (AvgIpc) is 2.71. The molecule has 0 aliphatic rings. The van der Waals surface area contributed by atoms with Crippen LogP contribution in [0.3, 0.4) is 0 Å². The summed E-state index contributed by atoms with van der Waals surface area (Å²) < 4.78 is 35.4. The molecule has 0 aromatic heterocycles. The fraction of sp³-hybridized carbons (Fsp3) is 0. The summed E-state index contributed by atoms with van der Waals surface area (Å²) in [7, 11) is -5.22. The Morgan fingerprint density at radius 1 is 0.875 bits per heavy atom. The van der Waals surface area contributed by atoms with Crippen molar-refractivity contribution in [2.45, 2.75) is 4.90 Å². The maximum Gasteiger partial charge on any atom is 1.00 e. The van der Waals surface area contributed by atoms with Crippen LogP contribution in [0, 0.1) is 10.1 Å². The first-order valence-corrected chi connectivity index (χ1v) is 10.1. The van der Waals surface area contributed by atoms with Crippen LogP contribution in [0.2, 0.25) is 0 Å². The predicted molar refractivity (Wildman–Crippen MR) is 110 cm³/mol. The average molecular weight is 461 g/mol. The van der Waals surface area contributed by atoms with E-state index in [1.54, 1.807) is 30.3 Å². The fourth-order valence-electron chi connectivity index (χ4n) is 3.29. The number of aromatic hydroxyl groups is 2. The van der Waals surface area contributed by atoms with Crippen molar-refractivity contribution >= 4 is 48.7 Å². The first-order valence-electron chi connectivity index (χ1n) is 8.70. The normalized spacial score (nSPS) is 11.7. The van der Waals surface area contributed by atoms with Crippen LogP contribution in [0.5, 0.6) is 11.5 Å². The van der Waals surface area contributed by atoms with Crippen LogP contribution in [0.1, 0.15) is 0 Å². The molecule has 0 saturated carbocycles. The van der Waals surface area contributed by atoms with Crippen molar-refractivity contribution in [2.24, 2.45) is 10.2 Å². The predicted octanol–water partition coefficient (Wildman–Crippen LogP) is 1.64. The summed E-state index contributed by atoms with van der Waals surface area (Å²) in [6.07, 6.45) is 0. The zero-order chi connectivity index (χ0) is 22.3. The molecule has 0 radical (unpaired) electrons. The second-order valence-corrected chi connectivity index (χ2v) is 7.83. The zero-order valence-corrected chi connectivity index (χ0v) is 19.3. The van der Waals surface area contributed by atoms with Gasteiger partial charge in [0, 0.05) is 16.8 Å². The fourth-order valence-corrected chi connectivity index (χ4v) is 4.08. The number of nitro benzene ring substituents is 1. The molecule has 10 nitrogen and oxygen atoms in total. The second kappa shape index (κ2) is 8.81. The molecule has 4 aromatic carbocycles. The van der Waals surface area contributed by atoms with Crippen molar-refractivity contribution in [3.8, 4) is 11.5 Å². The van der Waals surface area contributed by atoms with Crippen molar-refractivity contribution in [1.29, 1.82) is 0 Å². The standard InChI is InChI=1S/C20H13N3O7S.Na/c24-17-9-8-11-4-1-2-5-12(11)18(17)22-21-15-10-14-13(6-3-7-16(14)23(26)27)20(19(15)25)31(28,29)30;/h1-10,24-25H,(H,28,29,30);/q;+1/p-1. The molecule has 0 amide bonds. The maximum absolute atomic E-state index is 11.8. The summed E-state index contributed by atoms with van der Waals surface area (Å²) in [6.45, 7) is 0. The van der Waals surface area contributed by atoms with Crippen molar-refractivity contribution in [1.82, 2.24) is 0 Å². The van der Waals surface area contributed by atoms with Crippen molar-refractivity contribution < 1.29 is 57.7 Å². The number of non-ortho nitro benzene ring substituents is 1. The van der Waals surface area contributed by atoms with E-state index < -0.39 is 37.1 Å². The molecule has 0 bridgehead atoms. The van der Waals surface area contributed by atoms with Crippen LogP contribution in [-0.4, -0.2) is 28.1 Å². The Kier molecular flexibility index (Phi) is 6.49. The molecular formula is C20H12N3NaO7S. The van der Waals surface area contributed by atoms with E-state index in [2.05, 4.69) is 10.2 Å². The summed E-state index contributed by atoms with van der Waals surface area (Å²) in [4.78, 5) is 9.58. The van der Waals surface area contributed by atoms with Gasteiger partial charge in [0.25, 0.3) is 5.69 Å². The van der Waals surface area contributed by atoms with Crippen molar-refractivity contribution in [3.63, 3.8) is 0 Å². The van der Waals surface area contributed by atoms with Crippen molar-refractivity contribution in [3.05, 3.63) is 70.8 Å². The Hall–Kier alpha value is -3.09. The summed E-state index contributed by atoms with van der Waals surface area (Å²) in [5.41, 5.74) is -0.929. The Morgan fingerprint density at radius 3 is 2.25 bits per heavy atom. The van der Waals surface area contributed by atoms with E-state index in [4.69, 9.17) is 0 Å². The third kappa shape index (κ3) is 4.16. The molecule has 4 aromatic rings. The van der Waals surface area contributed by atoms with Gasteiger partial charge in [0.1, 0.15) is 32.1 Å². The minimum atomic E-state index is -5.22. The van der Waals surface area contributed by atoms with E-state index in [9.17, 15) is 33.3 Å². The van der Waals surface area contributed by atoms with Gasteiger partial charge in [-0.05, 0) is 17.5 Å². The minimum absolute atomic E-state index is 0. The van der Waals surface area contributed by atoms with Crippen molar-refractivity contribution in [2.75, 3.05) is 0 Å². The summed E-state index contributed by atoms with van der Waals surface area (Å²) >= 11 is 0. The number of phenolic OH excluding ortho intramolecular Hbond substituents is 2. The quantitative estimate of drug-likeness (QED) is 0.153. The molecule has 0 unspecified atom stereocenters. The van der Waals surface area contributed by atoms with Crippen LogP contribution in [-0.2, 0) is 10.1 Å². The number of nitro groups is 1. The van der Waals surface area contributed by atoms with E-state index in [1.165, 1.54) is 18.2 Å². The van der Waals surface area contributed by atoms with E-state index in [0.29, 0.717) is 5.39 Å². The summed E-state index contributed by atoms with van der Waals surface area (Å²) in [6, 6.07) is 14.5. The monoisotopic (exact) mass is 461 g/mol. The third-order valence-electron chi connectivity index (χ3n) is 4.65. The largest absolute Gasteiger partial charge is 1.00 e. The van der Waals surface area contributed by atoms with Gasteiger partial charge in [0.05, 0.1) is 10.3 Å². The number of hydrogen-bond acceptors (Lipinski definition) is 9. The molecule has 0 fully saturated rings. The number of fused-ring (bicyclic) bond motifs is 2. The van der Waals surface area contributed by atoms with Crippen LogP contribution in [0.4, 0.5) is 17.1 Å². The van der Waals surface area contributed by atoms with E-state index in [1.807, 2.05) is 0 Å². The topological polar surface area (TPSA) is 166 Å². The smallest absolute Gasteiger partial charge is 0.744 e. The number of phenols is 2. The van der Waals surface area contributed by atoms with E-state index >= 15 is 0 Å². The Labute approximate surface area is 203 Å². The number of nitrogens with zero attached hydrogens (tertiary/aromatic N) is 3. The molecule has 156 valence electrons. The van der Waals surface area contributed by atoms with Gasteiger partial charge < -0.3 is 14.8 Å². The number of azo groups is 1. The van der Waals surface area contributed by atoms with Crippen LogP contribution in [0.25, 0.3) is 21.5 Å². The van der Waals surface area contributed by atoms with Gasteiger partial charge in [-0.1, -0.05) is 42.5 Å². The Balaban J connectivity index is 0.00000289. The first kappa shape index (κ1) is 23.6. The van der Waals surface area contributed by atoms with Gasteiger partial charge in [-0.3, -0.25) is 10.1 Å². The number of benzene rings is 4. The van der Waals surface area contributed by atoms with Crippen LogP contribution >= 0.6 is 0 Å². The van der Waals surface area contributed by atoms with Gasteiger partial charge in [0.15, 0.2) is 5.75 Å². The molecule has 0 spiro atoms. The molecule has 2 N–H and O–H groups in total. The molecule has 12 heteroatoms. The van der Waals surface area contributed by atoms with E-state index in [0.717, 1.165) is 17.5 Å². The molecule has 0 atom stereocenters. The molecule has 4 rings (SSSR count). The zero-order valence-electron chi connectivity index (χ0n) is 16.5. The summed E-state index contributed by atoms with van der Waals surface area (Å²) in [5, 5.41) is 40.4. The summed E-state index contributed by atoms with van der Waals surface area (Å²) in [5.74, 6) is -1.23. The van der Waals surface area contributed by atoms with Gasteiger partial charge >= 0.3 is 29.6 Å². The third-order valence-corrected chi connectivity index (χ3v) is 5.56. The first-order chi connectivity index (χ1) is 14.7. The molecule has 0 heterocycles. The Bertz CT molecular complexity index is 1520. The van der Waals surface area contributed by atoms with Gasteiger partial charge in [-0.15, -0.1) is 10.2 Å². The van der Waals surface area contributed by atoms with Crippen LogP contribution in [0.15, 0.2) is 75.8 Å². The van der Waals surface area contributed by atoms with Gasteiger partial charge in [-0.2, -0.15) is 0 Å².